The van der Waals surface area contributed by atoms with Gasteiger partial charge in [-0.2, -0.15) is 5.10 Å². The molecular formula is C16H15N3O2. The Bertz CT molecular complexity index is 832. The van der Waals surface area contributed by atoms with Gasteiger partial charge in [0.25, 0.3) is 0 Å². The minimum absolute atomic E-state index is 0.270. The average molecular weight is 281 g/mol. The third-order valence-corrected chi connectivity index (χ3v) is 3.77. The van der Waals surface area contributed by atoms with E-state index in [4.69, 9.17) is 4.74 Å². The molecule has 5 nitrogen and oxygen atoms in total. The molecule has 5 heteroatoms. The second-order valence-electron chi connectivity index (χ2n) is 5.39. The lowest BCUT2D eigenvalue weighted by molar-refractivity contribution is 0.285. The average Bonchev–Trinajstić information content (AvgIpc) is 3.28. The standard InChI is InChI=1S/C16H15N3O2/c20-16-18-17-14-9-8-13(12-4-2-1-3-5-12)15(19(14)16)21-10-11-6-7-11/h1-5,8-9,11H,6-7,10H2,(H,18,20). The molecule has 0 spiro atoms. The number of nitrogens with zero attached hydrogens (tertiary/aromatic N) is 2. The maximum Gasteiger partial charge on any atom is 0.350 e. The van der Waals surface area contributed by atoms with Gasteiger partial charge in [-0.15, -0.1) is 0 Å². The van der Waals surface area contributed by atoms with Crippen LogP contribution >= 0.6 is 0 Å². The monoisotopic (exact) mass is 281 g/mol. The topological polar surface area (TPSA) is 59.4 Å². The largest absolute Gasteiger partial charge is 0.478 e. The molecule has 0 bridgehead atoms. The molecule has 1 aliphatic carbocycles. The van der Waals surface area contributed by atoms with E-state index in [1.807, 2.05) is 42.5 Å². The number of rotatable bonds is 4. The number of pyridine rings is 1. The van der Waals surface area contributed by atoms with Gasteiger partial charge in [0.2, 0.25) is 5.88 Å². The Labute approximate surface area is 121 Å². The molecule has 1 fully saturated rings. The highest BCUT2D eigenvalue weighted by Gasteiger charge is 2.23. The molecule has 0 amide bonds. The summed E-state index contributed by atoms with van der Waals surface area (Å²) in [5.74, 6) is 1.19. The van der Waals surface area contributed by atoms with Crippen molar-refractivity contribution in [1.82, 2.24) is 14.6 Å². The number of H-pyrrole nitrogens is 1. The van der Waals surface area contributed by atoms with Crippen molar-refractivity contribution in [2.75, 3.05) is 6.61 Å². The molecule has 21 heavy (non-hydrogen) atoms. The predicted octanol–water partition coefficient (Wildman–Crippen LogP) is 2.48. The van der Waals surface area contributed by atoms with E-state index >= 15 is 0 Å². The number of benzene rings is 1. The van der Waals surface area contributed by atoms with Gasteiger partial charge in [-0.25, -0.2) is 14.3 Å². The van der Waals surface area contributed by atoms with E-state index in [9.17, 15) is 4.79 Å². The van der Waals surface area contributed by atoms with Crippen molar-refractivity contribution in [2.45, 2.75) is 12.8 Å². The van der Waals surface area contributed by atoms with Crippen LogP contribution in [0.5, 0.6) is 5.88 Å². The van der Waals surface area contributed by atoms with Crippen LogP contribution in [0, 0.1) is 5.92 Å². The Morgan fingerprint density at radius 1 is 1.19 bits per heavy atom. The van der Waals surface area contributed by atoms with Crippen LogP contribution in [-0.4, -0.2) is 21.2 Å². The van der Waals surface area contributed by atoms with Gasteiger partial charge in [-0.1, -0.05) is 30.3 Å². The second kappa shape index (κ2) is 4.77. The molecule has 0 unspecified atom stereocenters. The van der Waals surface area contributed by atoms with Crippen LogP contribution in [0.15, 0.2) is 47.3 Å². The van der Waals surface area contributed by atoms with Crippen molar-refractivity contribution in [3.8, 4) is 17.0 Å². The number of fused-ring (bicyclic) bond motifs is 1. The van der Waals surface area contributed by atoms with E-state index in [0.717, 1.165) is 11.1 Å². The van der Waals surface area contributed by atoms with Crippen molar-refractivity contribution in [3.05, 3.63) is 52.9 Å². The number of aromatic nitrogens is 3. The fourth-order valence-electron chi connectivity index (χ4n) is 2.43. The zero-order valence-electron chi connectivity index (χ0n) is 11.5. The molecule has 0 aliphatic heterocycles. The highest BCUT2D eigenvalue weighted by Crippen LogP contribution is 2.33. The lowest BCUT2D eigenvalue weighted by Gasteiger charge is -2.12. The Kier molecular flexibility index (Phi) is 2.77. The van der Waals surface area contributed by atoms with Gasteiger partial charge in [0.05, 0.1) is 6.61 Å². The molecule has 106 valence electrons. The van der Waals surface area contributed by atoms with Crippen LogP contribution < -0.4 is 10.4 Å². The fourth-order valence-corrected chi connectivity index (χ4v) is 2.43. The van der Waals surface area contributed by atoms with Gasteiger partial charge in [0.1, 0.15) is 0 Å². The molecule has 1 N–H and O–H groups in total. The van der Waals surface area contributed by atoms with Crippen LogP contribution in [0.4, 0.5) is 0 Å². The number of nitrogens with one attached hydrogen (secondary N) is 1. The molecule has 2 heterocycles. The number of hydrogen-bond acceptors (Lipinski definition) is 3. The van der Waals surface area contributed by atoms with E-state index in [1.54, 1.807) is 0 Å². The third-order valence-electron chi connectivity index (χ3n) is 3.77. The minimum Gasteiger partial charge on any atom is -0.478 e. The van der Waals surface area contributed by atoms with Gasteiger partial charge in [0.15, 0.2) is 5.65 Å². The first-order valence-electron chi connectivity index (χ1n) is 7.11. The number of ether oxygens (including phenoxy) is 1. The van der Waals surface area contributed by atoms with Crippen LogP contribution in [0.25, 0.3) is 16.8 Å². The maximum absolute atomic E-state index is 12.0. The van der Waals surface area contributed by atoms with E-state index in [1.165, 1.54) is 17.2 Å². The Hall–Kier alpha value is -2.56. The summed E-state index contributed by atoms with van der Waals surface area (Å²) < 4.78 is 7.48. The summed E-state index contributed by atoms with van der Waals surface area (Å²) in [5, 5.41) is 6.48. The van der Waals surface area contributed by atoms with E-state index < -0.39 is 0 Å². The zero-order valence-corrected chi connectivity index (χ0v) is 11.5. The summed E-state index contributed by atoms with van der Waals surface area (Å²) >= 11 is 0. The zero-order chi connectivity index (χ0) is 14.2. The molecule has 0 atom stereocenters. The normalized spacial score (nSPS) is 14.5. The van der Waals surface area contributed by atoms with Crippen LogP contribution in [0.1, 0.15) is 12.8 Å². The first-order valence-corrected chi connectivity index (χ1v) is 7.11. The first-order chi connectivity index (χ1) is 10.3. The molecule has 1 aliphatic rings. The molecule has 3 aromatic rings. The van der Waals surface area contributed by atoms with Crippen LogP contribution in [0.3, 0.4) is 0 Å². The molecule has 1 saturated carbocycles. The summed E-state index contributed by atoms with van der Waals surface area (Å²) in [6.07, 6.45) is 2.41. The molecule has 2 aromatic heterocycles. The summed E-state index contributed by atoms with van der Waals surface area (Å²) in [6, 6.07) is 13.7. The smallest absolute Gasteiger partial charge is 0.350 e. The van der Waals surface area contributed by atoms with Crippen molar-refractivity contribution in [2.24, 2.45) is 5.92 Å². The Balaban J connectivity index is 1.89. The van der Waals surface area contributed by atoms with Crippen molar-refractivity contribution in [3.63, 3.8) is 0 Å². The van der Waals surface area contributed by atoms with Gasteiger partial charge in [-0.05, 0) is 36.5 Å². The van der Waals surface area contributed by atoms with Crippen molar-refractivity contribution < 1.29 is 4.74 Å². The minimum atomic E-state index is -0.270. The summed E-state index contributed by atoms with van der Waals surface area (Å²) in [6.45, 7) is 0.649. The second-order valence-corrected chi connectivity index (χ2v) is 5.39. The van der Waals surface area contributed by atoms with E-state index in [0.29, 0.717) is 24.1 Å². The van der Waals surface area contributed by atoms with E-state index in [2.05, 4.69) is 10.2 Å². The lowest BCUT2D eigenvalue weighted by atomic mass is 10.1. The SMILES string of the molecule is O=c1[nH]nc2ccc(-c3ccccc3)c(OCC3CC3)n12. The van der Waals surface area contributed by atoms with Gasteiger partial charge >= 0.3 is 5.69 Å². The fraction of sp³-hybridized carbons (Fsp3) is 0.250. The predicted molar refractivity (Wildman–Crippen MR) is 79.5 cm³/mol. The Morgan fingerprint density at radius 2 is 2.00 bits per heavy atom. The van der Waals surface area contributed by atoms with Gasteiger partial charge in [0, 0.05) is 5.56 Å². The molecule has 0 radical (unpaired) electrons. The summed E-state index contributed by atoms with van der Waals surface area (Å²) in [4.78, 5) is 12.0. The summed E-state index contributed by atoms with van der Waals surface area (Å²) in [7, 11) is 0. The Morgan fingerprint density at radius 3 is 2.76 bits per heavy atom. The number of hydrogen-bond donors (Lipinski definition) is 1. The highest BCUT2D eigenvalue weighted by atomic mass is 16.5. The van der Waals surface area contributed by atoms with Crippen molar-refractivity contribution >= 4 is 5.65 Å². The number of aromatic amines is 1. The highest BCUT2D eigenvalue weighted by molar-refractivity contribution is 5.71. The first kappa shape index (κ1) is 12.2. The lowest BCUT2D eigenvalue weighted by Crippen LogP contribution is -2.14. The van der Waals surface area contributed by atoms with Crippen molar-refractivity contribution in [1.29, 1.82) is 0 Å². The molecule has 0 saturated heterocycles. The summed E-state index contributed by atoms with van der Waals surface area (Å²) in [5.41, 5.74) is 2.24. The molecule has 1 aromatic carbocycles. The van der Waals surface area contributed by atoms with Gasteiger partial charge in [-0.3, -0.25) is 0 Å². The quantitative estimate of drug-likeness (QED) is 0.799. The van der Waals surface area contributed by atoms with E-state index in [-0.39, 0.29) is 5.69 Å². The molecule has 4 rings (SSSR count). The molecular weight excluding hydrogens is 266 g/mol. The van der Waals surface area contributed by atoms with Gasteiger partial charge < -0.3 is 4.74 Å². The van der Waals surface area contributed by atoms with Crippen LogP contribution in [0.2, 0.25) is 0 Å². The maximum atomic E-state index is 12.0. The van der Waals surface area contributed by atoms with Crippen LogP contribution in [-0.2, 0) is 0 Å². The third kappa shape index (κ3) is 2.20.